The zero-order chi connectivity index (χ0) is 11.1. The third-order valence-corrected chi connectivity index (χ3v) is 2.06. The third-order valence-electron chi connectivity index (χ3n) is 2.06. The monoisotopic (exact) mass is 211 g/mol. The van der Waals surface area contributed by atoms with E-state index in [1.54, 1.807) is 20.3 Å². The van der Waals surface area contributed by atoms with Crippen molar-refractivity contribution in [3.63, 3.8) is 0 Å². The average molecular weight is 211 g/mol. The SMILES string of the molecule is CCC(COC)Nc1cc(OC)ncn1. The standard InChI is InChI=1S/C10H17N3O2/c1-4-8(6-14-2)13-9-5-10(15-3)12-7-11-9/h5,7-8H,4,6H2,1-3H3,(H,11,12,13). The van der Waals surface area contributed by atoms with Crippen molar-refractivity contribution in [1.82, 2.24) is 9.97 Å². The molecular formula is C10H17N3O2. The summed E-state index contributed by atoms with van der Waals surface area (Å²) < 4.78 is 10.1. The van der Waals surface area contributed by atoms with E-state index in [4.69, 9.17) is 9.47 Å². The molecule has 1 heterocycles. The molecule has 15 heavy (non-hydrogen) atoms. The maximum atomic E-state index is 5.09. The van der Waals surface area contributed by atoms with Gasteiger partial charge in [-0.25, -0.2) is 9.97 Å². The van der Waals surface area contributed by atoms with Gasteiger partial charge in [0, 0.05) is 13.2 Å². The van der Waals surface area contributed by atoms with Gasteiger partial charge in [-0.15, -0.1) is 0 Å². The van der Waals surface area contributed by atoms with Crippen LogP contribution in [0.25, 0.3) is 0 Å². The lowest BCUT2D eigenvalue weighted by Gasteiger charge is -2.16. The molecule has 0 amide bonds. The van der Waals surface area contributed by atoms with Crippen LogP contribution in [0.3, 0.4) is 0 Å². The molecule has 1 rings (SSSR count). The van der Waals surface area contributed by atoms with Crippen LogP contribution in [0.4, 0.5) is 5.82 Å². The van der Waals surface area contributed by atoms with Crippen molar-refractivity contribution >= 4 is 5.82 Å². The smallest absolute Gasteiger partial charge is 0.218 e. The summed E-state index contributed by atoms with van der Waals surface area (Å²) in [4.78, 5) is 8.03. The molecule has 0 aliphatic heterocycles. The number of ether oxygens (including phenoxy) is 2. The van der Waals surface area contributed by atoms with Gasteiger partial charge in [-0.3, -0.25) is 0 Å². The fraction of sp³-hybridized carbons (Fsp3) is 0.600. The molecule has 1 N–H and O–H groups in total. The van der Waals surface area contributed by atoms with Gasteiger partial charge in [0.1, 0.15) is 12.1 Å². The van der Waals surface area contributed by atoms with E-state index in [1.807, 2.05) is 0 Å². The molecule has 1 aromatic heterocycles. The van der Waals surface area contributed by atoms with Crippen LogP contribution < -0.4 is 10.1 Å². The lowest BCUT2D eigenvalue weighted by Crippen LogP contribution is -2.24. The third kappa shape index (κ3) is 3.71. The van der Waals surface area contributed by atoms with Crippen molar-refractivity contribution in [1.29, 1.82) is 0 Å². The Kier molecular flexibility index (Phi) is 4.83. The summed E-state index contributed by atoms with van der Waals surface area (Å²) in [6.07, 6.45) is 2.45. The first kappa shape index (κ1) is 11.7. The van der Waals surface area contributed by atoms with Crippen LogP contribution in [0.1, 0.15) is 13.3 Å². The highest BCUT2D eigenvalue weighted by atomic mass is 16.5. The molecule has 1 unspecified atom stereocenters. The van der Waals surface area contributed by atoms with Crippen LogP contribution in [-0.4, -0.2) is 36.8 Å². The van der Waals surface area contributed by atoms with Gasteiger partial charge in [-0.05, 0) is 6.42 Å². The summed E-state index contributed by atoms with van der Waals surface area (Å²) in [7, 11) is 3.27. The Hall–Kier alpha value is -1.36. The van der Waals surface area contributed by atoms with Gasteiger partial charge >= 0.3 is 0 Å². The molecule has 0 saturated heterocycles. The molecule has 0 aliphatic rings. The first-order valence-corrected chi connectivity index (χ1v) is 4.91. The summed E-state index contributed by atoms with van der Waals surface area (Å²) in [5.74, 6) is 1.31. The van der Waals surface area contributed by atoms with Gasteiger partial charge in [0.15, 0.2) is 0 Å². The first-order valence-electron chi connectivity index (χ1n) is 4.91. The van der Waals surface area contributed by atoms with Gasteiger partial charge in [-0.1, -0.05) is 6.92 Å². The van der Waals surface area contributed by atoms with E-state index in [0.717, 1.165) is 12.2 Å². The predicted molar refractivity (Wildman–Crippen MR) is 58.2 cm³/mol. The van der Waals surface area contributed by atoms with Crippen LogP contribution in [0.2, 0.25) is 0 Å². The van der Waals surface area contributed by atoms with Crippen molar-refractivity contribution < 1.29 is 9.47 Å². The molecule has 0 aromatic carbocycles. The Bertz CT molecular complexity index is 294. The number of anilines is 1. The number of nitrogens with zero attached hydrogens (tertiary/aromatic N) is 2. The molecule has 5 heteroatoms. The van der Waals surface area contributed by atoms with Crippen molar-refractivity contribution in [3.8, 4) is 5.88 Å². The number of nitrogens with one attached hydrogen (secondary N) is 1. The van der Waals surface area contributed by atoms with Gasteiger partial charge in [0.2, 0.25) is 5.88 Å². The van der Waals surface area contributed by atoms with Gasteiger partial charge in [-0.2, -0.15) is 0 Å². The Morgan fingerprint density at radius 3 is 2.80 bits per heavy atom. The zero-order valence-electron chi connectivity index (χ0n) is 9.36. The molecule has 0 fully saturated rings. The van der Waals surface area contributed by atoms with E-state index < -0.39 is 0 Å². The van der Waals surface area contributed by atoms with Gasteiger partial charge < -0.3 is 14.8 Å². The van der Waals surface area contributed by atoms with Crippen LogP contribution in [0, 0.1) is 0 Å². The van der Waals surface area contributed by atoms with Crippen LogP contribution in [0.15, 0.2) is 12.4 Å². The summed E-state index contributed by atoms with van der Waals surface area (Å²) in [5.41, 5.74) is 0. The highest BCUT2D eigenvalue weighted by Crippen LogP contribution is 2.12. The molecule has 0 bridgehead atoms. The second kappa shape index (κ2) is 6.19. The first-order chi connectivity index (χ1) is 7.30. The Morgan fingerprint density at radius 1 is 1.40 bits per heavy atom. The van der Waals surface area contributed by atoms with E-state index in [2.05, 4.69) is 22.2 Å². The predicted octanol–water partition coefficient (Wildman–Crippen LogP) is 1.32. The minimum Gasteiger partial charge on any atom is -0.481 e. The van der Waals surface area contributed by atoms with Crippen LogP contribution in [0.5, 0.6) is 5.88 Å². The fourth-order valence-corrected chi connectivity index (χ4v) is 1.20. The molecule has 0 spiro atoms. The zero-order valence-corrected chi connectivity index (χ0v) is 9.36. The van der Waals surface area contributed by atoms with Crippen molar-refractivity contribution in [3.05, 3.63) is 12.4 Å². The summed E-state index contributed by atoms with van der Waals surface area (Å²) in [6.45, 7) is 2.75. The van der Waals surface area contributed by atoms with E-state index in [-0.39, 0.29) is 6.04 Å². The minimum absolute atomic E-state index is 0.259. The lowest BCUT2D eigenvalue weighted by atomic mass is 10.2. The van der Waals surface area contributed by atoms with E-state index in [9.17, 15) is 0 Å². The normalized spacial score (nSPS) is 12.2. The average Bonchev–Trinajstić information content (AvgIpc) is 2.29. The van der Waals surface area contributed by atoms with Crippen LogP contribution in [-0.2, 0) is 4.74 Å². The maximum absolute atomic E-state index is 5.09. The van der Waals surface area contributed by atoms with Crippen molar-refractivity contribution in [2.75, 3.05) is 26.1 Å². The molecule has 84 valence electrons. The highest BCUT2D eigenvalue weighted by molar-refractivity contribution is 5.38. The molecule has 1 aromatic rings. The maximum Gasteiger partial charge on any atom is 0.218 e. The molecule has 1 atom stereocenters. The second-order valence-corrected chi connectivity index (χ2v) is 3.15. The van der Waals surface area contributed by atoms with E-state index >= 15 is 0 Å². The van der Waals surface area contributed by atoms with E-state index in [1.165, 1.54) is 6.33 Å². The molecule has 5 nitrogen and oxygen atoms in total. The largest absolute Gasteiger partial charge is 0.481 e. The Morgan fingerprint density at radius 2 is 2.20 bits per heavy atom. The minimum atomic E-state index is 0.259. The molecule has 0 radical (unpaired) electrons. The highest BCUT2D eigenvalue weighted by Gasteiger charge is 2.06. The Labute approximate surface area is 89.8 Å². The number of methoxy groups -OCH3 is 2. The summed E-state index contributed by atoms with van der Waals surface area (Å²) in [6, 6.07) is 2.02. The number of hydrogen-bond acceptors (Lipinski definition) is 5. The Balaban J connectivity index is 2.61. The number of aromatic nitrogens is 2. The molecular weight excluding hydrogens is 194 g/mol. The van der Waals surface area contributed by atoms with Gasteiger partial charge in [0.25, 0.3) is 0 Å². The number of rotatable bonds is 6. The van der Waals surface area contributed by atoms with Crippen molar-refractivity contribution in [2.24, 2.45) is 0 Å². The molecule has 0 aliphatic carbocycles. The quantitative estimate of drug-likeness (QED) is 0.769. The summed E-state index contributed by atoms with van der Waals surface area (Å²) >= 11 is 0. The molecule has 0 saturated carbocycles. The lowest BCUT2D eigenvalue weighted by molar-refractivity contribution is 0.184. The topological polar surface area (TPSA) is 56.3 Å². The summed E-state index contributed by atoms with van der Waals surface area (Å²) in [5, 5.41) is 3.25. The number of hydrogen-bond donors (Lipinski definition) is 1. The fourth-order valence-electron chi connectivity index (χ4n) is 1.20. The van der Waals surface area contributed by atoms with Crippen LogP contribution >= 0.6 is 0 Å². The van der Waals surface area contributed by atoms with Gasteiger partial charge in [0.05, 0.1) is 19.8 Å². The van der Waals surface area contributed by atoms with Crippen molar-refractivity contribution in [2.45, 2.75) is 19.4 Å². The van der Waals surface area contributed by atoms with E-state index in [0.29, 0.717) is 12.5 Å². The second-order valence-electron chi connectivity index (χ2n) is 3.15.